The van der Waals surface area contributed by atoms with Gasteiger partial charge >= 0.3 is 73.8 Å². The molecule has 0 bridgehead atoms. The first-order valence-corrected chi connectivity index (χ1v) is 8.08. The maximum absolute atomic E-state index is 5.10. The second-order valence-electron chi connectivity index (χ2n) is 3.59. The average molecular weight is 362 g/mol. The summed E-state index contributed by atoms with van der Waals surface area (Å²) in [5.41, 5.74) is 0.938. The van der Waals surface area contributed by atoms with Gasteiger partial charge in [-0.05, 0) is 12.1 Å². The van der Waals surface area contributed by atoms with Gasteiger partial charge in [-0.1, -0.05) is 24.1 Å². The number of hydrogen-bond acceptors (Lipinski definition) is 0. The molecule has 0 fully saturated rings. The van der Waals surface area contributed by atoms with E-state index in [1.165, 1.54) is 14.1 Å². The van der Waals surface area contributed by atoms with Gasteiger partial charge in [0, 0.05) is 5.56 Å². The van der Waals surface area contributed by atoms with Gasteiger partial charge in [-0.15, -0.1) is 6.42 Å². The van der Waals surface area contributed by atoms with E-state index in [-0.39, 0.29) is 0 Å². The summed E-state index contributed by atoms with van der Waals surface area (Å²) in [6.07, 6.45) is 5.10. The summed E-state index contributed by atoms with van der Waals surface area (Å²) < 4.78 is 2.75. The molecule has 0 N–H and O–H groups in total. The number of halogens is 1. The molecule has 2 heteroatoms. The normalized spacial score (nSPS) is 9.33. The van der Waals surface area contributed by atoms with Crippen LogP contribution < -0.4 is 0 Å². The summed E-state index contributed by atoms with van der Waals surface area (Å²) in [5, 5.41) is 1.38. The van der Waals surface area contributed by atoms with Crippen LogP contribution >= 0.6 is 15.9 Å². The van der Waals surface area contributed by atoms with Crippen molar-refractivity contribution in [3.8, 4) is 12.3 Å². The molecule has 0 saturated heterocycles. The van der Waals surface area contributed by atoms with Gasteiger partial charge in [-0.25, -0.2) is 0 Å². The van der Waals surface area contributed by atoms with E-state index in [9.17, 15) is 0 Å². The molecule has 0 aliphatic rings. The molecule has 0 aliphatic heterocycles. The largest absolute Gasteiger partial charge is 0.115 e. The molecular formula is C16H11BrSe. The fourth-order valence-corrected chi connectivity index (χ4v) is 4.33. The zero-order valence-corrected chi connectivity index (χ0v) is 12.9. The van der Waals surface area contributed by atoms with Crippen LogP contribution in [-0.4, -0.2) is 14.5 Å². The molecule has 0 radical (unpaired) electrons. The van der Waals surface area contributed by atoms with E-state index in [0.717, 1.165) is 5.56 Å². The molecule has 1 aromatic heterocycles. The van der Waals surface area contributed by atoms with Crippen molar-refractivity contribution >= 4 is 40.1 Å². The summed E-state index contributed by atoms with van der Waals surface area (Å²) in [7, 11) is 0. The Balaban J connectivity index is 0.000000138. The van der Waals surface area contributed by atoms with E-state index < -0.39 is 0 Å². The Morgan fingerprint density at radius 2 is 1.61 bits per heavy atom. The van der Waals surface area contributed by atoms with Gasteiger partial charge in [0.05, 0.1) is 0 Å². The second kappa shape index (κ2) is 6.61. The summed E-state index contributed by atoms with van der Waals surface area (Å²) in [5.74, 6) is 2.53. The molecule has 0 spiro atoms. The molecule has 18 heavy (non-hydrogen) atoms. The van der Waals surface area contributed by atoms with Gasteiger partial charge in [0.25, 0.3) is 0 Å². The molecule has 0 unspecified atom stereocenters. The van der Waals surface area contributed by atoms with Crippen molar-refractivity contribution in [3.05, 3.63) is 69.6 Å². The minimum atomic E-state index is 0.565. The molecule has 3 rings (SSSR count). The van der Waals surface area contributed by atoms with Crippen LogP contribution in [0.25, 0.3) is 9.65 Å². The predicted octanol–water partition coefficient (Wildman–Crippen LogP) is 4.33. The van der Waals surface area contributed by atoms with Crippen LogP contribution in [0.3, 0.4) is 0 Å². The summed E-state index contributed by atoms with van der Waals surface area (Å²) >= 11 is 4.08. The quantitative estimate of drug-likeness (QED) is 0.413. The van der Waals surface area contributed by atoms with Crippen molar-refractivity contribution in [2.45, 2.75) is 0 Å². The van der Waals surface area contributed by atoms with Crippen molar-refractivity contribution in [1.29, 1.82) is 0 Å². The SMILES string of the molecule is Brc1c[se]c2ccccc12.C#Cc1ccccc1. The zero-order valence-electron chi connectivity index (χ0n) is 9.64. The first kappa shape index (κ1) is 13.2. The minimum absolute atomic E-state index is 0.565. The summed E-state index contributed by atoms with van der Waals surface area (Å²) in [6.45, 7) is 0. The average Bonchev–Trinajstić information content (AvgIpc) is 2.83. The first-order chi connectivity index (χ1) is 8.81. The third-order valence-electron chi connectivity index (χ3n) is 2.37. The smallest absolute Gasteiger partial charge is 0.0242 e. The third kappa shape index (κ3) is 3.37. The minimum Gasteiger partial charge on any atom is -0.115 e. The van der Waals surface area contributed by atoms with Crippen LogP contribution in [-0.2, 0) is 0 Å². The molecule has 2 aromatic carbocycles. The molecule has 0 atom stereocenters. The molecule has 88 valence electrons. The number of rotatable bonds is 0. The molecule has 0 aliphatic carbocycles. The number of benzene rings is 2. The Labute approximate surface area is 122 Å². The van der Waals surface area contributed by atoms with E-state index in [1.54, 1.807) is 0 Å². The molecule has 0 saturated carbocycles. The Morgan fingerprint density at radius 1 is 0.944 bits per heavy atom. The van der Waals surface area contributed by atoms with Gasteiger partial charge in [0.15, 0.2) is 0 Å². The van der Waals surface area contributed by atoms with E-state index in [0.29, 0.717) is 14.5 Å². The monoisotopic (exact) mass is 362 g/mol. The Hall–Kier alpha value is -1.26. The maximum atomic E-state index is 5.10. The van der Waals surface area contributed by atoms with Gasteiger partial charge in [-0.2, -0.15) is 0 Å². The fourth-order valence-electron chi connectivity index (χ4n) is 1.48. The van der Waals surface area contributed by atoms with E-state index >= 15 is 0 Å². The van der Waals surface area contributed by atoms with Crippen molar-refractivity contribution in [1.82, 2.24) is 0 Å². The predicted molar refractivity (Wildman–Crippen MR) is 83.0 cm³/mol. The molecule has 0 amide bonds. The van der Waals surface area contributed by atoms with Gasteiger partial charge in [0.2, 0.25) is 0 Å². The molecule has 0 nitrogen and oxygen atoms in total. The molecule has 1 heterocycles. The van der Waals surface area contributed by atoms with E-state index in [4.69, 9.17) is 6.42 Å². The van der Waals surface area contributed by atoms with Gasteiger partial charge < -0.3 is 0 Å². The number of terminal acetylenes is 1. The number of hydrogen-bond donors (Lipinski definition) is 0. The zero-order chi connectivity index (χ0) is 12.8. The first-order valence-electron chi connectivity index (χ1n) is 5.44. The molecule has 3 aromatic rings. The van der Waals surface area contributed by atoms with Crippen LogP contribution in [0.15, 0.2) is 64.0 Å². The Kier molecular flexibility index (Phi) is 4.84. The van der Waals surface area contributed by atoms with Crippen molar-refractivity contribution in [2.75, 3.05) is 0 Å². The van der Waals surface area contributed by atoms with Gasteiger partial charge in [-0.3, -0.25) is 0 Å². The Bertz CT molecular complexity index is 662. The fraction of sp³-hybridized carbons (Fsp3) is 0. The third-order valence-corrected chi connectivity index (χ3v) is 5.73. The summed E-state index contributed by atoms with van der Waals surface area (Å²) in [4.78, 5) is 2.26. The molecular weight excluding hydrogens is 351 g/mol. The van der Waals surface area contributed by atoms with Crippen molar-refractivity contribution in [2.24, 2.45) is 0 Å². The van der Waals surface area contributed by atoms with Crippen LogP contribution in [0.1, 0.15) is 5.56 Å². The van der Waals surface area contributed by atoms with E-state index in [2.05, 4.69) is 51.1 Å². The van der Waals surface area contributed by atoms with Crippen LogP contribution in [0.5, 0.6) is 0 Å². The van der Waals surface area contributed by atoms with Gasteiger partial charge in [0.1, 0.15) is 0 Å². The van der Waals surface area contributed by atoms with E-state index in [1.807, 2.05) is 30.3 Å². The summed E-state index contributed by atoms with van der Waals surface area (Å²) in [6, 6.07) is 18.1. The van der Waals surface area contributed by atoms with Crippen LogP contribution in [0.4, 0.5) is 0 Å². The van der Waals surface area contributed by atoms with Crippen molar-refractivity contribution < 1.29 is 0 Å². The topological polar surface area (TPSA) is 0 Å². The van der Waals surface area contributed by atoms with Crippen LogP contribution in [0, 0.1) is 12.3 Å². The maximum Gasteiger partial charge on any atom is 0.0242 e. The Morgan fingerprint density at radius 3 is 2.22 bits per heavy atom. The second-order valence-corrected chi connectivity index (χ2v) is 6.36. The number of fused-ring (bicyclic) bond motifs is 1. The standard InChI is InChI=1S/C8H5BrSe.C8H6/c9-7-5-10-8-4-2-1-3-6(7)8;1-2-8-6-4-3-5-7-8/h1-5H;1,3-7H. The van der Waals surface area contributed by atoms with Crippen molar-refractivity contribution in [3.63, 3.8) is 0 Å². The van der Waals surface area contributed by atoms with Crippen LogP contribution in [0.2, 0.25) is 0 Å².